The third-order valence-corrected chi connectivity index (χ3v) is 10.6. The second-order valence-corrected chi connectivity index (χ2v) is 14.2. The monoisotopic (exact) mass is 718 g/mol. The molecule has 1 N–H and O–H groups in total. The van der Waals surface area contributed by atoms with Gasteiger partial charge in [0.1, 0.15) is 6.67 Å². The molecule has 4 nitrogen and oxygen atoms in total. The van der Waals surface area contributed by atoms with Gasteiger partial charge in [0.15, 0.2) is 0 Å². The number of aromatic nitrogens is 3. The first kappa shape index (κ1) is 33.2. The molecular formula is C52H38N4. The van der Waals surface area contributed by atoms with Crippen molar-refractivity contribution in [3.63, 3.8) is 0 Å². The Morgan fingerprint density at radius 3 is 1.64 bits per heavy atom. The van der Waals surface area contributed by atoms with Crippen LogP contribution in [0.25, 0.3) is 83.3 Å². The average Bonchev–Trinajstić information content (AvgIpc) is 3.89. The minimum absolute atomic E-state index is 0.522. The predicted molar refractivity (Wildman–Crippen MR) is 234 cm³/mol. The van der Waals surface area contributed by atoms with Gasteiger partial charge in [-0.05, 0) is 106 Å². The molecule has 0 radical (unpaired) electrons. The van der Waals surface area contributed by atoms with Gasteiger partial charge in [-0.2, -0.15) is 5.10 Å². The highest BCUT2D eigenvalue weighted by molar-refractivity contribution is 6.10. The number of benzene rings is 8. The molecule has 0 aliphatic rings. The number of hydrogen-bond donors (Lipinski definition) is 1. The van der Waals surface area contributed by atoms with E-state index in [9.17, 15) is 0 Å². The van der Waals surface area contributed by atoms with E-state index in [1.54, 1.807) is 0 Å². The highest BCUT2D eigenvalue weighted by Crippen LogP contribution is 2.38. The van der Waals surface area contributed by atoms with Crippen LogP contribution in [0.3, 0.4) is 0 Å². The minimum atomic E-state index is 0.522. The summed E-state index contributed by atoms with van der Waals surface area (Å²) >= 11 is 0. The second-order valence-electron chi connectivity index (χ2n) is 14.2. The molecule has 266 valence electrons. The van der Waals surface area contributed by atoms with Gasteiger partial charge in [0.05, 0.1) is 16.7 Å². The molecule has 2 aromatic heterocycles. The van der Waals surface area contributed by atoms with E-state index in [1.807, 2.05) is 4.68 Å². The molecule has 0 bridgehead atoms. The number of para-hydroxylation sites is 2. The van der Waals surface area contributed by atoms with E-state index < -0.39 is 0 Å². The van der Waals surface area contributed by atoms with Gasteiger partial charge in [0.2, 0.25) is 0 Å². The molecule has 4 heteroatoms. The molecule has 0 aliphatic heterocycles. The number of hydrogen-bond acceptors (Lipinski definition) is 2. The Morgan fingerprint density at radius 1 is 0.393 bits per heavy atom. The van der Waals surface area contributed by atoms with Crippen LogP contribution in [0.4, 0.5) is 5.69 Å². The first-order valence-electron chi connectivity index (χ1n) is 19.1. The van der Waals surface area contributed by atoms with Crippen LogP contribution in [0.5, 0.6) is 0 Å². The Labute approximate surface area is 326 Å². The van der Waals surface area contributed by atoms with Crippen molar-refractivity contribution in [1.29, 1.82) is 0 Å². The van der Waals surface area contributed by atoms with Crippen LogP contribution in [0.2, 0.25) is 0 Å². The lowest BCUT2D eigenvalue weighted by molar-refractivity contribution is 0.672. The molecule has 0 fully saturated rings. The van der Waals surface area contributed by atoms with Gasteiger partial charge in [0.25, 0.3) is 0 Å². The maximum Gasteiger partial charge on any atom is 0.109 e. The van der Waals surface area contributed by atoms with Crippen LogP contribution < -0.4 is 5.32 Å². The maximum absolute atomic E-state index is 5.06. The summed E-state index contributed by atoms with van der Waals surface area (Å²) in [4.78, 5) is 0. The standard InChI is InChI=1S/C52H38N4/c1-5-15-37(16-6-1)42-31-43(38-17-7-2-8-18-38)33-44(32-42)49-29-30-55(54-49)36-53-50-27-25-40(34-47(50)39-19-9-3-10-20-39)41-26-28-52-48(35-41)46-23-13-14-24-51(46)56(52)45-21-11-4-12-22-45/h1-35,53H,36H2. The lowest BCUT2D eigenvalue weighted by Crippen LogP contribution is -2.09. The largest absolute Gasteiger partial charge is 0.366 e. The molecule has 0 unspecified atom stereocenters. The number of anilines is 1. The van der Waals surface area contributed by atoms with Gasteiger partial charge in [-0.25, -0.2) is 0 Å². The van der Waals surface area contributed by atoms with Crippen molar-refractivity contribution in [2.75, 3.05) is 5.32 Å². The first-order chi connectivity index (χ1) is 27.7. The molecule has 0 atom stereocenters. The summed E-state index contributed by atoms with van der Waals surface area (Å²) < 4.78 is 4.34. The molecule has 10 aromatic rings. The van der Waals surface area contributed by atoms with E-state index in [0.29, 0.717) is 6.67 Å². The van der Waals surface area contributed by atoms with E-state index in [4.69, 9.17) is 5.10 Å². The number of rotatable bonds is 9. The third kappa shape index (κ3) is 6.33. The summed E-state index contributed by atoms with van der Waals surface area (Å²) in [6.07, 6.45) is 2.05. The summed E-state index contributed by atoms with van der Waals surface area (Å²) in [6.45, 7) is 0.522. The van der Waals surface area contributed by atoms with Gasteiger partial charge < -0.3 is 9.88 Å². The van der Waals surface area contributed by atoms with Gasteiger partial charge in [-0.15, -0.1) is 0 Å². The topological polar surface area (TPSA) is 34.8 Å². The van der Waals surface area contributed by atoms with E-state index in [1.165, 1.54) is 55.2 Å². The van der Waals surface area contributed by atoms with Crippen molar-refractivity contribution in [2.24, 2.45) is 0 Å². The van der Waals surface area contributed by atoms with Gasteiger partial charge in [-0.3, -0.25) is 4.68 Å². The molecule has 0 saturated carbocycles. The van der Waals surface area contributed by atoms with Crippen LogP contribution in [0.1, 0.15) is 0 Å². The fraction of sp³-hybridized carbons (Fsp3) is 0.0192. The quantitative estimate of drug-likeness (QED) is 0.161. The molecular weight excluding hydrogens is 681 g/mol. The van der Waals surface area contributed by atoms with Gasteiger partial charge >= 0.3 is 0 Å². The zero-order valence-corrected chi connectivity index (χ0v) is 30.8. The van der Waals surface area contributed by atoms with Gasteiger partial charge in [-0.1, -0.05) is 140 Å². The predicted octanol–water partition coefficient (Wildman–Crippen LogP) is 13.4. The van der Waals surface area contributed by atoms with Crippen LogP contribution in [0.15, 0.2) is 212 Å². The fourth-order valence-corrected chi connectivity index (χ4v) is 7.88. The zero-order valence-electron chi connectivity index (χ0n) is 30.8. The Bertz CT molecular complexity index is 2890. The fourth-order valence-electron chi connectivity index (χ4n) is 7.88. The molecule has 10 rings (SSSR count). The molecule has 56 heavy (non-hydrogen) atoms. The Hall–Kier alpha value is -7.43. The first-order valence-corrected chi connectivity index (χ1v) is 19.1. The summed E-state index contributed by atoms with van der Waals surface area (Å²) in [5.41, 5.74) is 16.0. The zero-order chi connectivity index (χ0) is 37.3. The maximum atomic E-state index is 5.06. The summed E-state index contributed by atoms with van der Waals surface area (Å²) in [5, 5.41) is 11.3. The lowest BCUT2D eigenvalue weighted by Gasteiger charge is -2.15. The van der Waals surface area contributed by atoms with Gasteiger partial charge in [0, 0.05) is 39.5 Å². The van der Waals surface area contributed by atoms with Crippen molar-refractivity contribution in [1.82, 2.24) is 14.3 Å². The molecule has 0 spiro atoms. The smallest absolute Gasteiger partial charge is 0.109 e. The second kappa shape index (κ2) is 14.4. The Morgan fingerprint density at radius 2 is 0.946 bits per heavy atom. The lowest BCUT2D eigenvalue weighted by atomic mass is 9.95. The molecule has 0 aliphatic carbocycles. The molecule has 2 heterocycles. The molecule has 0 saturated heterocycles. The Balaban J connectivity index is 0.977. The van der Waals surface area contributed by atoms with E-state index >= 15 is 0 Å². The van der Waals surface area contributed by atoms with Crippen LogP contribution in [-0.2, 0) is 6.67 Å². The van der Waals surface area contributed by atoms with Crippen LogP contribution in [-0.4, -0.2) is 14.3 Å². The number of nitrogens with zero attached hydrogens (tertiary/aromatic N) is 3. The van der Waals surface area contributed by atoms with Crippen molar-refractivity contribution >= 4 is 27.5 Å². The van der Waals surface area contributed by atoms with E-state index in [0.717, 1.165) is 33.8 Å². The number of nitrogens with one attached hydrogen (secondary N) is 1. The van der Waals surface area contributed by atoms with Crippen LogP contribution >= 0.6 is 0 Å². The highest BCUT2D eigenvalue weighted by atomic mass is 15.3. The SMILES string of the molecule is c1ccc(-c2cc(-c3ccccc3)cc(-c3ccn(CNc4ccc(-c5ccc6c(c5)c5ccccc5n6-c5ccccc5)cc4-c4ccccc4)n3)c2)cc1. The average molecular weight is 719 g/mol. The molecule has 0 amide bonds. The Kier molecular flexibility index (Phi) is 8.54. The van der Waals surface area contributed by atoms with Crippen molar-refractivity contribution in [3.05, 3.63) is 212 Å². The van der Waals surface area contributed by atoms with E-state index in [-0.39, 0.29) is 0 Å². The van der Waals surface area contributed by atoms with Crippen molar-refractivity contribution in [2.45, 2.75) is 6.67 Å². The summed E-state index contributed by atoms with van der Waals surface area (Å²) in [5.74, 6) is 0. The third-order valence-electron chi connectivity index (χ3n) is 10.6. The summed E-state index contributed by atoms with van der Waals surface area (Å²) in [7, 11) is 0. The highest BCUT2D eigenvalue weighted by Gasteiger charge is 2.15. The minimum Gasteiger partial charge on any atom is -0.366 e. The molecule has 8 aromatic carbocycles. The normalized spacial score (nSPS) is 11.3. The van der Waals surface area contributed by atoms with Crippen LogP contribution in [0, 0.1) is 0 Å². The summed E-state index contributed by atoms with van der Waals surface area (Å²) in [6, 6.07) is 73.5. The van der Waals surface area contributed by atoms with E-state index in [2.05, 4.69) is 222 Å². The van der Waals surface area contributed by atoms with Crippen molar-refractivity contribution in [3.8, 4) is 61.5 Å². The number of fused-ring (bicyclic) bond motifs is 3. The van der Waals surface area contributed by atoms with Crippen molar-refractivity contribution < 1.29 is 0 Å².